The number of hydrogen-bond acceptors (Lipinski definition) is 4. The van der Waals surface area contributed by atoms with E-state index in [4.69, 9.17) is 0 Å². The Labute approximate surface area is 148 Å². The van der Waals surface area contributed by atoms with Gasteiger partial charge in [-0.1, -0.05) is 19.1 Å². The lowest BCUT2D eigenvalue weighted by molar-refractivity contribution is -0.137. The van der Waals surface area contributed by atoms with E-state index in [0.29, 0.717) is 25.8 Å². The summed E-state index contributed by atoms with van der Waals surface area (Å²) in [7, 11) is -3.08. The van der Waals surface area contributed by atoms with Crippen molar-refractivity contribution in [3.8, 4) is 0 Å². The molecular weight excluding hydrogens is 343 g/mol. The van der Waals surface area contributed by atoms with E-state index >= 15 is 0 Å². The summed E-state index contributed by atoms with van der Waals surface area (Å²) in [6.07, 6.45) is 1.79. The van der Waals surface area contributed by atoms with Gasteiger partial charge in [0.25, 0.3) is 0 Å². The molecule has 1 amide bonds. The van der Waals surface area contributed by atoms with E-state index in [1.165, 1.54) is 12.1 Å². The minimum Gasteiger partial charge on any atom is -0.336 e. The quantitative estimate of drug-likeness (QED) is 0.790. The molecule has 138 valence electrons. The van der Waals surface area contributed by atoms with Crippen LogP contribution >= 0.6 is 0 Å². The first-order valence-electron chi connectivity index (χ1n) is 8.88. The Balaban J connectivity index is 1.59. The molecule has 0 unspecified atom stereocenters. The normalized spacial score (nSPS) is 25.8. The van der Waals surface area contributed by atoms with Gasteiger partial charge in [0.05, 0.1) is 17.5 Å². The molecule has 2 atom stereocenters. The number of aryl methyl sites for hydroxylation is 1. The van der Waals surface area contributed by atoms with Gasteiger partial charge in [0, 0.05) is 25.6 Å². The predicted octanol–water partition coefficient (Wildman–Crippen LogP) is 1.48. The second-order valence-corrected chi connectivity index (χ2v) is 9.06. The second-order valence-electron chi connectivity index (χ2n) is 6.91. The summed E-state index contributed by atoms with van der Waals surface area (Å²) in [4.78, 5) is 16.6. The summed E-state index contributed by atoms with van der Waals surface area (Å²) in [5.41, 5.74) is 1.01. The number of nitrogens with zero attached hydrogens (tertiary/aromatic N) is 2. The first kappa shape index (κ1) is 18.3. The van der Waals surface area contributed by atoms with Crippen LogP contribution in [0, 0.1) is 5.82 Å². The number of carbonyl (C=O) groups is 1. The fourth-order valence-electron chi connectivity index (χ4n) is 3.97. The van der Waals surface area contributed by atoms with Crippen LogP contribution in [0.2, 0.25) is 0 Å². The monoisotopic (exact) mass is 368 g/mol. The highest BCUT2D eigenvalue weighted by Crippen LogP contribution is 2.27. The highest BCUT2D eigenvalue weighted by molar-refractivity contribution is 7.91. The highest BCUT2D eigenvalue weighted by atomic mass is 32.2. The molecule has 0 bridgehead atoms. The molecule has 0 aromatic heterocycles. The van der Waals surface area contributed by atoms with Crippen molar-refractivity contribution in [2.75, 3.05) is 31.1 Å². The maximum Gasteiger partial charge on any atom is 0.222 e. The number of carbonyl (C=O) groups excluding carboxylic acids is 1. The third-order valence-corrected chi connectivity index (χ3v) is 6.99. The number of sulfone groups is 1. The van der Waals surface area contributed by atoms with Crippen molar-refractivity contribution >= 4 is 15.7 Å². The van der Waals surface area contributed by atoms with E-state index in [1.807, 2.05) is 6.92 Å². The number of amides is 1. The zero-order valence-corrected chi connectivity index (χ0v) is 15.3. The topological polar surface area (TPSA) is 57.7 Å². The van der Waals surface area contributed by atoms with Crippen molar-refractivity contribution < 1.29 is 17.6 Å². The lowest BCUT2D eigenvalue weighted by atomic mass is 10.0. The van der Waals surface area contributed by atoms with E-state index in [9.17, 15) is 17.6 Å². The number of hydrogen-bond donors (Lipinski definition) is 0. The Bertz CT molecular complexity index is 720. The molecule has 1 aromatic rings. The van der Waals surface area contributed by atoms with E-state index in [2.05, 4.69) is 4.90 Å². The number of fused-ring (bicyclic) bond motifs is 1. The molecule has 2 aliphatic heterocycles. The van der Waals surface area contributed by atoms with Gasteiger partial charge in [0.2, 0.25) is 5.91 Å². The Morgan fingerprint density at radius 3 is 2.52 bits per heavy atom. The molecule has 0 spiro atoms. The van der Waals surface area contributed by atoms with Gasteiger partial charge < -0.3 is 4.90 Å². The summed E-state index contributed by atoms with van der Waals surface area (Å²) in [5.74, 6) is 0.00926. The zero-order chi connectivity index (χ0) is 18.0. The SMILES string of the molecule is CCN1CCN(C(=O)CCCc2ccc(F)cc2)[C@@H]2CS(=O)(=O)C[C@@H]21. The van der Waals surface area contributed by atoms with Crippen LogP contribution in [0.1, 0.15) is 25.3 Å². The van der Waals surface area contributed by atoms with E-state index in [1.54, 1.807) is 17.0 Å². The molecule has 0 N–H and O–H groups in total. The molecule has 0 saturated carbocycles. The van der Waals surface area contributed by atoms with Gasteiger partial charge in [-0.25, -0.2) is 12.8 Å². The number of rotatable bonds is 5. The average Bonchev–Trinajstić information content (AvgIpc) is 2.90. The summed E-state index contributed by atoms with van der Waals surface area (Å²) in [6, 6.07) is 6.05. The number of halogens is 1. The van der Waals surface area contributed by atoms with E-state index in [0.717, 1.165) is 18.7 Å². The number of likely N-dealkylation sites (N-methyl/N-ethyl adjacent to an activating group) is 1. The molecule has 25 heavy (non-hydrogen) atoms. The van der Waals surface area contributed by atoms with E-state index < -0.39 is 9.84 Å². The minimum atomic E-state index is -3.08. The molecule has 0 aliphatic carbocycles. The smallest absolute Gasteiger partial charge is 0.222 e. The van der Waals surface area contributed by atoms with Crippen LogP contribution in [-0.2, 0) is 21.1 Å². The first-order chi connectivity index (χ1) is 11.9. The van der Waals surface area contributed by atoms with Crippen LogP contribution in [-0.4, -0.2) is 67.3 Å². The van der Waals surface area contributed by atoms with Crippen LogP contribution in [0.25, 0.3) is 0 Å². The van der Waals surface area contributed by atoms with Gasteiger partial charge in [-0.05, 0) is 37.1 Å². The van der Waals surface area contributed by atoms with Gasteiger partial charge >= 0.3 is 0 Å². The van der Waals surface area contributed by atoms with Gasteiger partial charge in [0.1, 0.15) is 5.82 Å². The molecule has 2 heterocycles. The Kier molecular flexibility index (Phi) is 5.43. The van der Waals surface area contributed by atoms with Crippen molar-refractivity contribution in [1.29, 1.82) is 0 Å². The Hall–Kier alpha value is -1.47. The molecule has 3 rings (SSSR count). The molecule has 2 aliphatic rings. The van der Waals surface area contributed by atoms with Crippen LogP contribution in [0.15, 0.2) is 24.3 Å². The molecule has 1 aromatic carbocycles. The van der Waals surface area contributed by atoms with Crippen LogP contribution in [0.4, 0.5) is 4.39 Å². The largest absolute Gasteiger partial charge is 0.336 e. The third kappa shape index (κ3) is 4.20. The summed E-state index contributed by atoms with van der Waals surface area (Å²) in [5, 5.41) is 0. The fraction of sp³-hybridized carbons (Fsp3) is 0.611. The summed E-state index contributed by atoms with van der Waals surface area (Å²) < 4.78 is 37.0. The van der Waals surface area contributed by atoms with Crippen molar-refractivity contribution in [3.05, 3.63) is 35.6 Å². The Morgan fingerprint density at radius 1 is 1.16 bits per heavy atom. The molecule has 0 radical (unpaired) electrons. The van der Waals surface area contributed by atoms with Crippen LogP contribution in [0.3, 0.4) is 0 Å². The fourth-order valence-corrected chi connectivity index (χ4v) is 5.98. The molecular formula is C18H25FN2O3S. The van der Waals surface area contributed by atoms with Crippen LogP contribution in [0.5, 0.6) is 0 Å². The van der Waals surface area contributed by atoms with Gasteiger partial charge in [-0.3, -0.25) is 9.69 Å². The van der Waals surface area contributed by atoms with Crippen molar-refractivity contribution in [2.45, 2.75) is 38.3 Å². The molecule has 5 nitrogen and oxygen atoms in total. The third-order valence-electron chi connectivity index (χ3n) is 5.29. The summed E-state index contributed by atoms with van der Waals surface area (Å²) in [6.45, 7) is 4.17. The van der Waals surface area contributed by atoms with Crippen LogP contribution < -0.4 is 0 Å². The van der Waals surface area contributed by atoms with Gasteiger partial charge in [-0.15, -0.1) is 0 Å². The minimum absolute atomic E-state index is 0.0324. The van der Waals surface area contributed by atoms with Crippen molar-refractivity contribution in [2.24, 2.45) is 0 Å². The second kappa shape index (κ2) is 7.41. The number of piperazine rings is 1. The Morgan fingerprint density at radius 2 is 1.84 bits per heavy atom. The van der Waals surface area contributed by atoms with Gasteiger partial charge in [-0.2, -0.15) is 0 Å². The molecule has 7 heteroatoms. The summed E-state index contributed by atoms with van der Waals surface area (Å²) >= 11 is 0. The van der Waals surface area contributed by atoms with Gasteiger partial charge in [0.15, 0.2) is 9.84 Å². The van der Waals surface area contributed by atoms with Crippen molar-refractivity contribution in [3.63, 3.8) is 0 Å². The van der Waals surface area contributed by atoms with E-state index in [-0.39, 0.29) is 35.3 Å². The first-order valence-corrected chi connectivity index (χ1v) is 10.7. The average molecular weight is 368 g/mol. The maximum atomic E-state index is 12.9. The molecule has 2 fully saturated rings. The standard InChI is InChI=1S/C18H25FN2O3S/c1-2-20-10-11-21(17-13-25(23,24)12-16(17)20)18(22)5-3-4-14-6-8-15(19)9-7-14/h6-9,16-17H,2-5,10-13H2,1H3/t16-,17+/m0/s1. The van der Waals surface area contributed by atoms with Crippen molar-refractivity contribution in [1.82, 2.24) is 9.80 Å². The molecule has 2 saturated heterocycles. The predicted molar refractivity (Wildman–Crippen MR) is 94.5 cm³/mol. The highest BCUT2D eigenvalue weighted by Gasteiger charge is 2.47. The maximum absolute atomic E-state index is 12.9. The lowest BCUT2D eigenvalue weighted by Gasteiger charge is -2.43. The number of benzene rings is 1. The zero-order valence-electron chi connectivity index (χ0n) is 14.5. The lowest BCUT2D eigenvalue weighted by Crippen LogP contribution is -2.60.